The summed E-state index contributed by atoms with van der Waals surface area (Å²) in [6.07, 6.45) is 0. The standard InChI is InChI=1S/C10H12F2O/c1-10(2,3)7-4-6(13)5-8(11)9(7)12/h4-5,13H,1-3H3. The van der Waals surface area contributed by atoms with Crippen molar-refractivity contribution in [3.8, 4) is 5.75 Å². The Morgan fingerprint density at radius 3 is 2.15 bits per heavy atom. The van der Waals surface area contributed by atoms with Gasteiger partial charge in [-0.05, 0) is 17.0 Å². The predicted molar refractivity (Wildman–Crippen MR) is 46.7 cm³/mol. The molecule has 0 saturated heterocycles. The molecule has 0 bridgehead atoms. The first kappa shape index (κ1) is 9.96. The van der Waals surface area contributed by atoms with E-state index in [1.165, 1.54) is 6.07 Å². The molecular formula is C10H12F2O. The monoisotopic (exact) mass is 186 g/mol. The minimum atomic E-state index is -1.01. The summed E-state index contributed by atoms with van der Waals surface area (Å²) in [5.41, 5.74) is -0.325. The first-order chi connectivity index (χ1) is 5.82. The minimum Gasteiger partial charge on any atom is -0.508 e. The van der Waals surface area contributed by atoms with E-state index in [9.17, 15) is 8.78 Å². The molecule has 0 aliphatic rings. The van der Waals surface area contributed by atoms with Gasteiger partial charge in [-0.1, -0.05) is 20.8 Å². The van der Waals surface area contributed by atoms with Gasteiger partial charge in [0.25, 0.3) is 0 Å². The Balaban J connectivity index is 3.37. The average molecular weight is 186 g/mol. The summed E-state index contributed by atoms with van der Waals surface area (Å²) in [6, 6.07) is 2.02. The first-order valence-electron chi connectivity index (χ1n) is 4.01. The summed E-state index contributed by atoms with van der Waals surface area (Å²) in [7, 11) is 0. The van der Waals surface area contributed by atoms with Gasteiger partial charge in [0.2, 0.25) is 0 Å². The molecule has 0 radical (unpaired) electrons. The maximum atomic E-state index is 13.2. The van der Waals surface area contributed by atoms with Crippen molar-refractivity contribution < 1.29 is 13.9 Å². The van der Waals surface area contributed by atoms with Gasteiger partial charge in [0.1, 0.15) is 5.75 Å². The zero-order valence-electron chi connectivity index (χ0n) is 7.86. The molecule has 0 unspecified atom stereocenters. The van der Waals surface area contributed by atoms with Gasteiger partial charge in [0.15, 0.2) is 11.6 Å². The lowest BCUT2D eigenvalue weighted by atomic mass is 9.86. The number of phenolic OH excluding ortho intramolecular Hbond substituents is 1. The fraction of sp³-hybridized carbons (Fsp3) is 0.400. The highest BCUT2D eigenvalue weighted by atomic mass is 19.2. The van der Waals surface area contributed by atoms with E-state index in [-0.39, 0.29) is 11.3 Å². The lowest BCUT2D eigenvalue weighted by Gasteiger charge is -2.20. The molecule has 0 amide bonds. The van der Waals surface area contributed by atoms with Gasteiger partial charge in [-0.25, -0.2) is 8.78 Å². The second kappa shape index (κ2) is 2.98. The zero-order valence-corrected chi connectivity index (χ0v) is 7.86. The van der Waals surface area contributed by atoms with Crippen molar-refractivity contribution in [3.05, 3.63) is 29.3 Å². The van der Waals surface area contributed by atoms with E-state index in [4.69, 9.17) is 5.11 Å². The Morgan fingerprint density at radius 2 is 1.69 bits per heavy atom. The van der Waals surface area contributed by atoms with Crippen molar-refractivity contribution in [1.29, 1.82) is 0 Å². The van der Waals surface area contributed by atoms with Crippen LogP contribution >= 0.6 is 0 Å². The highest BCUT2D eigenvalue weighted by Gasteiger charge is 2.21. The molecular weight excluding hydrogens is 174 g/mol. The molecule has 1 N–H and O–H groups in total. The van der Waals surface area contributed by atoms with Crippen LogP contribution in [0, 0.1) is 11.6 Å². The maximum absolute atomic E-state index is 13.2. The largest absolute Gasteiger partial charge is 0.508 e. The molecule has 1 nitrogen and oxygen atoms in total. The van der Waals surface area contributed by atoms with Crippen molar-refractivity contribution in [1.82, 2.24) is 0 Å². The number of hydrogen-bond acceptors (Lipinski definition) is 1. The lowest BCUT2D eigenvalue weighted by Crippen LogP contribution is -2.14. The number of rotatable bonds is 0. The van der Waals surface area contributed by atoms with Crippen molar-refractivity contribution in [3.63, 3.8) is 0 Å². The molecule has 0 spiro atoms. The molecule has 72 valence electrons. The van der Waals surface area contributed by atoms with E-state index in [0.717, 1.165) is 6.07 Å². The molecule has 0 aromatic heterocycles. The van der Waals surface area contributed by atoms with Crippen LogP contribution in [-0.2, 0) is 5.41 Å². The van der Waals surface area contributed by atoms with Gasteiger partial charge in [0.05, 0.1) is 0 Å². The van der Waals surface area contributed by atoms with E-state index < -0.39 is 17.0 Å². The SMILES string of the molecule is CC(C)(C)c1cc(O)cc(F)c1F. The first-order valence-corrected chi connectivity index (χ1v) is 4.01. The Kier molecular flexibility index (Phi) is 2.28. The molecule has 0 saturated carbocycles. The number of benzene rings is 1. The van der Waals surface area contributed by atoms with Crippen LogP contribution in [0.15, 0.2) is 12.1 Å². The van der Waals surface area contributed by atoms with E-state index >= 15 is 0 Å². The summed E-state index contributed by atoms with van der Waals surface area (Å²) in [5.74, 6) is -2.14. The van der Waals surface area contributed by atoms with Gasteiger partial charge in [-0.15, -0.1) is 0 Å². The topological polar surface area (TPSA) is 20.2 Å². The minimum absolute atomic E-state index is 0.185. The third-order valence-electron chi connectivity index (χ3n) is 1.82. The Bertz CT molecular complexity index is 326. The van der Waals surface area contributed by atoms with E-state index in [0.29, 0.717) is 0 Å². The van der Waals surface area contributed by atoms with Crippen LogP contribution < -0.4 is 0 Å². The number of aromatic hydroxyl groups is 1. The molecule has 1 aromatic carbocycles. The molecule has 1 rings (SSSR count). The van der Waals surface area contributed by atoms with Crippen LogP contribution in [-0.4, -0.2) is 5.11 Å². The summed E-state index contributed by atoms with van der Waals surface area (Å²) in [4.78, 5) is 0. The lowest BCUT2D eigenvalue weighted by molar-refractivity contribution is 0.433. The second-order valence-corrected chi connectivity index (χ2v) is 4.04. The van der Waals surface area contributed by atoms with Crippen molar-refractivity contribution in [2.45, 2.75) is 26.2 Å². The number of halogens is 2. The predicted octanol–water partition coefficient (Wildman–Crippen LogP) is 2.97. The summed E-state index contributed by atoms with van der Waals surface area (Å²) in [5, 5.41) is 9.07. The molecule has 0 aliphatic carbocycles. The van der Waals surface area contributed by atoms with Crippen LogP contribution in [0.2, 0.25) is 0 Å². The highest BCUT2D eigenvalue weighted by molar-refractivity contribution is 5.34. The van der Waals surface area contributed by atoms with Gasteiger partial charge in [-0.3, -0.25) is 0 Å². The van der Waals surface area contributed by atoms with Crippen molar-refractivity contribution in [2.24, 2.45) is 0 Å². The zero-order chi connectivity index (χ0) is 10.2. The normalized spacial score (nSPS) is 11.8. The van der Waals surface area contributed by atoms with Gasteiger partial charge >= 0.3 is 0 Å². The fourth-order valence-corrected chi connectivity index (χ4v) is 1.12. The van der Waals surface area contributed by atoms with Crippen LogP contribution in [0.25, 0.3) is 0 Å². The molecule has 0 aliphatic heterocycles. The highest BCUT2D eigenvalue weighted by Crippen LogP contribution is 2.29. The number of phenols is 1. The van der Waals surface area contributed by atoms with Gasteiger partial charge in [-0.2, -0.15) is 0 Å². The summed E-state index contributed by atoms with van der Waals surface area (Å²) < 4.78 is 26.0. The summed E-state index contributed by atoms with van der Waals surface area (Å²) in [6.45, 7) is 5.26. The number of hydrogen-bond donors (Lipinski definition) is 1. The molecule has 3 heteroatoms. The maximum Gasteiger partial charge on any atom is 0.162 e. The Hall–Kier alpha value is -1.12. The third kappa shape index (κ3) is 1.97. The van der Waals surface area contributed by atoms with Crippen molar-refractivity contribution in [2.75, 3.05) is 0 Å². The smallest absolute Gasteiger partial charge is 0.162 e. The van der Waals surface area contributed by atoms with E-state index in [1.54, 1.807) is 20.8 Å². The fourth-order valence-electron chi connectivity index (χ4n) is 1.12. The van der Waals surface area contributed by atoms with Crippen LogP contribution in [0.3, 0.4) is 0 Å². The summed E-state index contributed by atoms with van der Waals surface area (Å²) >= 11 is 0. The van der Waals surface area contributed by atoms with Crippen LogP contribution in [0.4, 0.5) is 8.78 Å². The van der Waals surface area contributed by atoms with Gasteiger partial charge < -0.3 is 5.11 Å². The molecule has 1 aromatic rings. The third-order valence-corrected chi connectivity index (χ3v) is 1.82. The molecule has 0 heterocycles. The van der Waals surface area contributed by atoms with Crippen LogP contribution in [0.1, 0.15) is 26.3 Å². The quantitative estimate of drug-likeness (QED) is 0.660. The van der Waals surface area contributed by atoms with Gasteiger partial charge in [0, 0.05) is 6.07 Å². The van der Waals surface area contributed by atoms with Crippen molar-refractivity contribution >= 4 is 0 Å². The second-order valence-electron chi connectivity index (χ2n) is 4.04. The van der Waals surface area contributed by atoms with E-state index in [2.05, 4.69) is 0 Å². The Morgan fingerprint density at radius 1 is 1.15 bits per heavy atom. The molecule has 0 fully saturated rings. The Labute approximate surface area is 76.0 Å². The average Bonchev–Trinajstić information content (AvgIpc) is 1.94. The molecule has 0 atom stereocenters. The molecule has 13 heavy (non-hydrogen) atoms. The van der Waals surface area contributed by atoms with Crippen LogP contribution in [0.5, 0.6) is 5.75 Å². The van der Waals surface area contributed by atoms with E-state index in [1.807, 2.05) is 0 Å².